The van der Waals surface area contributed by atoms with Crippen LogP contribution in [0.2, 0.25) is 0 Å². The Hall–Kier alpha value is -0.420. The lowest BCUT2D eigenvalue weighted by Gasteiger charge is -2.30. The van der Waals surface area contributed by atoms with Crippen LogP contribution in [-0.2, 0) is 14.8 Å². The van der Waals surface area contributed by atoms with Gasteiger partial charge in [-0.3, -0.25) is 0 Å². The Bertz CT molecular complexity index is 337. The maximum absolute atomic E-state index is 11.4. The summed E-state index contributed by atoms with van der Waals surface area (Å²) in [5.74, 6) is 0.651. The lowest BCUT2D eigenvalue weighted by Crippen LogP contribution is -2.39. The lowest BCUT2D eigenvalue weighted by molar-refractivity contribution is -0.117. The topological polar surface area (TPSA) is 54.5 Å². The van der Waals surface area contributed by atoms with Gasteiger partial charge in [-0.2, -0.15) is 0 Å². The molecule has 0 N–H and O–H groups in total. The molecule has 94 valence electrons. The van der Waals surface area contributed by atoms with Crippen LogP contribution in [0, 0.1) is 5.92 Å². The number of rotatable bonds is 5. The van der Waals surface area contributed by atoms with Crippen molar-refractivity contribution < 1.29 is 13.2 Å². The van der Waals surface area contributed by atoms with E-state index in [1.165, 1.54) is 6.26 Å². The Labute approximate surface area is 98.1 Å². The molecule has 1 heterocycles. The third-order valence-corrected chi connectivity index (χ3v) is 4.36. The Morgan fingerprint density at radius 3 is 2.69 bits per heavy atom. The third-order valence-electron chi connectivity index (χ3n) is 3.09. The zero-order chi connectivity index (χ0) is 12.2. The Kier molecular flexibility index (Phi) is 4.92. The average molecular weight is 247 g/mol. The summed E-state index contributed by atoms with van der Waals surface area (Å²) in [6.07, 6.45) is 5.77. The Balaban J connectivity index is 2.36. The van der Waals surface area contributed by atoms with E-state index in [2.05, 4.69) is 0 Å². The van der Waals surface area contributed by atoms with Crippen LogP contribution in [0.5, 0.6) is 0 Å². The van der Waals surface area contributed by atoms with Crippen LogP contribution < -0.4 is 0 Å². The van der Waals surface area contributed by atoms with E-state index in [0.717, 1.165) is 25.7 Å². The summed E-state index contributed by atoms with van der Waals surface area (Å²) in [4.78, 5) is 10.8. The summed E-state index contributed by atoms with van der Waals surface area (Å²) in [5, 5.41) is 0. The molecule has 1 aliphatic heterocycles. The van der Waals surface area contributed by atoms with Crippen LogP contribution in [0.15, 0.2) is 0 Å². The highest BCUT2D eigenvalue weighted by Gasteiger charge is 2.25. The molecule has 1 aliphatic rings. The van der Waals surface area contributed by atoms with E-state index in [-0.39, 0.29) is 5.78 Å². The molecule has 0 radical (unpaired) electrons. The van der Waals surface area contributed by atoms with Crippen molar-refractivity contribution in [1.29, 1.82) is 0 Å². The van der Waals surface area contributed by atoms with Gasteiger partial charge in [0.15, 0.2) is 0 Å². The van der Waals surface area contributed by atoms with Crippen molar-refractivity contribution in [2.45, 2.75) is 39.0 Å². The van der Waals surface area contributed by atoms with Gasteiger partial charge in [-0.25, -0.2) is 12.7 Å². The third kappa shape index (κ3) is 4.61. The average Bonchev–Trinajstić information content (AvgIpc) is 2.16. The number of nitrogens with zero attached hydrogens (tertiary/aromatic N) is 1. The van der Waals surface area contributed by atoms with E-state index < -0.39 is 10.0 Å². The van der Waals surface area contributed by atoms with Gasteiger partial charge < -0.3 is 4.79 Å². The molecule has 1 unspecified atom stereocenters. The van der Waals surface area contributed by atoms with Gasteiger partial charge in [0.05, 0.1) is 6.26 Å². The molecule has 1 atom stereocenters. The molecular formula is C11H21NO3S. The fourth-order valence-electron chi connectivity index (χ4n) is 2.20. The maximum Gasteiger partial charge on any atom is 0.211 e. The highest BCUT2D eigenvalue weighted by molar-refractivity contribution is 7.88. The zero-order valence-electron chi connectivity index (χ0n) is 10.1. The van der Waals surface area contributed by atoms with Crippen LogP contribution in [0.25, 0.3) is 0 Å². The lowest BCUT2D eigenvalue weighted by atomic mass is 9.93. The Morgan fingerprint density at radius 1 is 1.44 bits per heavy atom. The summed E-state index contributed by atoms with van der Waals surface area (Å²) in [6.45, 7) is 2.89. The first-order valence-corrected chi connectivity index (χ1v) is 7.69. The van der Waals surface area contributed by atoms with E-state index in [9.17, 15) is 13.2 Å². The first-order chi connectivity index (χ1) is 7.39. The van der Waals surface area contributed by atoms with Crippen molar-refractivity contribution in [3.05, 3.63) is 0 Å². The molecule has 0 aromatic rings. The van der Waals surface area contributed by atoms with E-state index >= 15 is 0 Å². The smallest absolute Gasteiger partial charge is 0.211 e. The minimum Gasteiger partial charge on any atom is -0.300 e. The molecule has 0 aliphatic carbocycles. The van der Waals surface area contributed by atoms with Crippen LogP contribution in [-0.4, -0.2) is 37.9 Å². The van der Waals surface area contributed by atoms with Crippen molar-refractivity contribution in [2.24, 2.45) is 5.92 Å². The van der Waals surface area contributed by atoms with E-state index in [1.807, 2.05) is 0 Å². The first kappa shape index (κ1) is 13.6. The number of hydrogen-bond acceptors (Lipinski definition) is 3. The highest BCUT2D eigenvalue weighted by Crippen LogP contribution is 2.23. The highest BCUT2D eigenvalue weighted by atomic mass is 32.2. The molecule has 0 aromatic carbocycles. The maximum atomic E-state index is 11.4. The monoisotopic (exact) mass is 247 g/mol. The normalized spacial score (nSPS) is 23.2. The number of Topliss-reactive ketones (excluding diaryl/α,β-unsaturated/α-hetero) is 1. The number of ketones is 1. The molecule has 0 bridgehead atoms. The quantitative estimate of drug-likeness (QED) is 0.738. The van der Waals surface area contributed by atoms with Crippen molar-refractivity contribution in [3.8, 4) is 0 Å². The molecule has 4 nitrogen and oxygen atoms in total. The summed E-state index contributed by atoms with van der Waals surface area (Å²) in [7, 11) is -3.03. The molecule has 1 saturated heterocycles. The number of sulfonamides is 1. The van der Waals surface area contributed by atoms with Crippen molar-refractivity contribution >= 4 is 15.8 Å². The van der Waals surface area contributed by atoms with E-state index in [1.54, 1.807) is 11.2 Å². The molecule has 0 aromatic heterocycles. The Morgan fingerprint density at radius 2 is 2.12 bits per heavy atom. The van der Waals surface area contributed by atoms with Gasteiger partial charge in [-0.1, -0.05) is 0 Å². The standard InChI is InChI=1S/C11H21NO3S/c1-10(13)5-3-6-11-7-4-8-12(9-11)16(2,14)15/h11H,3-9H2,1-2H3. The van der Waals surface area contributed by atoms with Gasteiger partial charge >= 0.3 is 0 Å². The van der Waals surface area contributed by atoms with Gasteiger partial charge in [0, 0.05) is 19.5 Å². The molecule has 0 amide bonds. The van der Waals surface area contributed by atoms with Crippen LogP contribution in [0.1, 0.15) is 39.0 Å². The van der Waals surface area contributed by atoms with Crippen molar-refractivity contribution in [1.82, 2.24) is 4.31 Å². The summed E-state index contributed by atoms with van der Waals surface area (Å²) < 4.78 is 24.3. The van der Waals surface area contributed by atoms with E-state index in [0.29, 0.717) is 25.4 Å². The number of piperidine rings is 1. The van der Waals surface area contributed by atoms with Gasteiger partial charge in [0.1, 0.15) is 5.78 Å². The fraction of sp³-hybridized carbons (Fsp3) is 0.909. The van der Waals surface area contributed by atoms with Crippen molar-refractivity contribution in [3.63, 3.8) is 0 Å². The summed E-state index contributed by atoms with van der Waals surface area (Å²) >= 11 is 0. The molecule has 1 rings (SSSR count). The first-order valence-electron chi connectivity index (χ1n) is 5.84. The van der Waals surface area contributed by atoms with Crippen LogP contribution >= 0.6 is 0 Å². The predicted octanol–water partition coefficient (Wildman–Crippen LogP) is 1.42. The second kappa shape index (κ2) is 5.77. The molecule has 16 heavy (non-hydrogen) atoms. The van der Waals surface area contributed by atoms with Crippen molar-refractivity contribution in [2.75, 3.05) is 19.3 Å². The number of hydrogen-bond donors (Lipinski definition) is 0. The SMILES string of the molecule is CC(=O)CCCC1CCCN(S(C)(=O)=O)C1. The second-order valence-electron chi connectivity index (χ2n) is 4.72. The van der Waals surface area contributed by atoms with Gasteiger partial charge in [0.25, 0.3) is 0 Å². The number of carbonyl (C=O) groups is 1. The van der Waals surface area contributed by atoms with Gasteiger partial charge in [0.2, 0.25) is 10.0 Å². The van der Waals surface area contributed by atoms with Crippen LogP contribution in [0.3, 0.4) is 0 Å². The van der Waals surface area contributed by atoms with E-state index in [4.69, 9.17) is 0 Å². The molecule has 0 saturated carbocycles. The summed E-state index contributed by atoms with van der Waals surface area (Å²) in [5.41, 5.74) is 0. The molecule has 5 heteroatoms. The van der Waals surface area contributed by atoms with Gasteiger partial charge in [-0.15, -0.1) is 0 Å². The number of carbonyl (C=O) groups excluding carboxylic acids is 1. The van der Waals surface area contributed by atoms with Gasteiger partial charge in [-0.05, 0) is 38.5 Å². The predicted molar refractivity (Wildman–Crippen MR) is 63.7 cm³/mol. The fourth-order valence-corrected chi connectivity index (χ4v) is 3.15. The minimum absolute atomic E-state index is 0.218. The molecule has 0 spiro atoms. The summed E-state index contributed by atoms with van der Waals surface area (Å²) in [6, 6.07) is 0. The largest absolute Gasteiger partial charge is 0.300 e. The second-order valence-corrected chi connectivity index (χ2v) is 6.71. The van der Waals surface area contributed by atoms with Crippen LogP contribution in [0.4, 0.5) is 0 Å². The minimum atomic E-state index is -3.03. The zero-order valence-corrected chi connectivity index (χ0v) is 10.9. The molecule has 1 fully saturated rings. The molecular weight excluding hydrogens is 226 g/mol.